The summed E-state index contributed by atoms with van der Waals surface area (Å²) >= 11 is 0. The maximum absolute atomic E-state index is 12.2. The highest BCUT2D eigenvalue weighted by atomic mass is 16.5. The van der Waals surface area contributed by atoms with Crippen LogP contribution in [0.2, 0.25) is 0 Å². The number of nitrogens with zero attached hydrogens (tertiary/aromatic N) is 1. The zero-order valence-electron chi connectivity index (χ0n) is 16.1. The number of carbonyl (C=O) groups excluding carboxylic acids is 1. The fourth-order valence-electron chi connectivity index (χ4n) is 2.89. The summed E-state index contributed by atoms with van der Waals surface area (Å²) in [5.41, 5.74) is 1.27. The summed E-state index contributed by atoms with van der Waals surface area (Å²) in [4.78, 5) is 14.7. The molecule has 0 saturated carbocycles. The predicted octanol–water partition coefficient (Wildman–Crippen LogP) is 2.16. The molecule has 1 aromatic rings. The summed E-state index contributed by atoms with van der Waals surface area (Å²) in [7, 11) is 0. The van der Waals surface area contributed by atoms with Crippen LogP contribution >= 0.6 is 0 Å². The molecular formula is C20H33N3O2. The smallest absolute Gasteiger partial charge is 0.260 e. The lowest BCUT2D eigenvalue weighted by Gasteiger charge is -2.27. The Labute approximate surface area is 152 Å². The first-order valence-electron chi connectivity index (χ1n) is 9.34. The van der Waals surface area contributed by atoms with Gasteiger partial charge in [0.25, 0.3) is 5.91 Å². The molecule has 1 aromatic carbocycles. The van der Waals surface area contributed by atoms with Crippen LogP contribution in [0.25, 0.3) is 0 Å². The minimum atomic E-state index is -0.491. The summed E-state index contributed by atoms with van der Waals surface area (Å²) < 4.78 is 5.83. The highest BCUT2D eigenvalue weighted by Crippen LogP contribution is 2.26. The molecule has 0 aromatic heterocycles. The monoisotopic (exact) mass is 347 g/mol. The lowest BCUT2D eigenvalue weighted by molar-refractivity contribution is -0.127. The van der Waals surface area contributed by atoms with E-state index < -0.39 is 6.10 Å². The topological polar surface area (TPSA) is 53.6 Å². The first kappa shape index (κ1) is 19.7. The predicted molar refractivity (Wildman–Crippen MR) is 102 cm³/mol. The third kappa shape index (κ3) is 6.67. The van der Waals surface area contributed by atoms with E-state index in [1.165, 1.54) is 5.56 Å². The fourth-order valence-corrected chi connectivity index (χ4v) is 2.89. The molecule has 0 radical (unpaired) electrons. The highest BCUT2D eigenvalue weighted by molar-refractivity contribution is 5.80. The van der Waals surface area contributed by atoms with Crippen molar-refractivity contribution in [2.75, 3.05) is 39.3 Å². The molecule has 0 spiro atoms. The van der Waals surface area contributed by atoms with Gasteiger partial charge in [-0.25, -0.2) is 0 Å². The van der Waals surface area contributed by atoms with Crippen LogP contribution < -0.4 is 15.4 Å². The summed E-state index contributed by atoms with van der Waals surface area (Å²) in [6, 6.07) is 8.00. The molecule has 140 valence electrons. The molecule has 0 bridgehead atoms. The van der Waals surface area contributed by atoms with Crippen LogP contribution in [0.4, 0.5) is 0 Å². The van der Waals surface area contributed by atoms with Gasteiger partial charge in [0.2, 0.25) is 0 Å². The van der Waals surface area contributed by atoms with E-state index in [2.05, 4.69) is 42.4 Å². The Hall–Kier alpha value is -1.59. The number of carbonyl (C=O) groups is 1. The van der Waals surface area contributed by atoms with Gasteiger partial charge in [-0.15, -0.1) is 0 Å². The Morgan fingerprint density at radius 3 is 2.72 bits per heavy atom. The lowest BCUT2D eigenvalue weighted by Crippen LogP contribution is -2.44. The SMILES string of the molecule is CC(Oc1cccc(C(C)(C)C)c1)C(=O)NCCCN1CCNCC1. The van der Waals surface area contributed by atoms with Crippen molar-refractivity contribution < 1.29 is 9.53 Å². The van der Waals surface area contributed by atoms with Crippen LogP contribution in [0.1, 0.15) is 39.7 Å². The van der Waals surface area contributed by atoms with E-state index in [0.717, 1.165) is 44.9 Å². The summed E-state index contributed by atoms with van der Waals surface area (Å²) in [5, 5.41) is 6.33. The molecule has 1 heterocycles. The maximum Gasteiger partial charge on any atom is 0.260 e. The van der Waals surface area contributed by atoms with Crippen molar-refractivity contribution in [2.45, 2.75) is 45.6 Å². The number of ether oxygens (including phenoxy) is 1. The standard InChI is InChI=1S/C20H33N3O2/c1-16(25-18-8-5-7-17(15-18)20(2,3)4)19(24)22-9-6-12-23-13-10-21-11-14-23/h5,7-8,15-16,21H,6,9-14H2,1-4H3,(H,22,24). The van der Waals surface area contributed by atoms with E-state index in [4.69, 9.17) is 4.74 Å². The van der Waals surface area contributed by atoms with Gasteiger partial charge in [0.1, 0.15) is 5.75 Å². The highest BCUT2D eigenvalue weighted by Gasteiger charge is 2.17. The van der Waals surface area contributed by atoms with E-state index in [-0.39, 0.29) is 11.3 Å². The number of amides is 1. The maximum atomic E-state index is 12.2. The molecule has 2 N–H and O–H groups in total. The van der Waals surface area contributed by atoms with Gasteiger partial charge in [-0.1, -0.05) is 32.9 Å². The fraction of sp³-hybridized carbons (Fsp3) is 0.650. The van der Waals surface area contributed by atoms with E-state index in [9.17, 15) is 4.79 Å². The largest absolute Gasteiger partial charge is 0.481 e. The Balaban J connectivity index is 1.72. The number of hydrogen-bond acceptors (Lipinski definition) is 4. The average molecular weight is 348 g/mol. The molecule has 5 heteroatoms. The third-order valence-electron chi connectivity index (χ3n) is 4.54. The Morgan fingerprint density at radius 1 is 1.32 bits per heavy atom. The molecule has 25 heavy (non-hydrogen) atoms. The van der Waals surface area contributed by atoms with Gasteiger partial charge in [-0.05, 0) is 43.0 Å². The molecule has 1 aliphatic rings. The lowest BCUT2D eigenvalue weighted by atomic mass is 9.87. The van der Waals surface area contributed by atoms with Crippen molar-refractivity contribution in [1.82, 2.24) is 15.5 Å². The molecule has 1 unspecified atom stereocenters. The molecule has 5 nitrogen and oxygen atoms in total. The first-order valence-corrected chi connectivity index (χ1v) is 9.34. The van der Waals surface area contributed by atoms with Gasteiger partial charge < -0.3 is 20.3 Å². The number of benzene rings is 1. The second-order valence-corrected chi connectivity index (χ2v) is 7.77. The molecule has 1 saturated heterocycles. The minimum absolute atomic E-state index is 0.0542. The van der Waals surface area contributed by atoms with Gasteiger partial charge in [0.15, 0.2) is 6.10 Å². The van der Waals surface area contributed by atoms with Crippen LogP contribution in [-0.2, 0) is 10.2 Å². The van der Waals surface area contributed by atoms with E-state index in [1.54, 1.807) is 6.92 Å². The quantitative estimate of drug-likeness (QED) is 0.742. The van der Waals surface area contributed by atoms with Crippen LogP contribution in [0.15, 0.2) is 24.3 Å². The van der Waals surface area contributed by atoms with Crippen LogP contribution in [-0.4, -0.2) is 56.2 Å². The molecule has 1 aliphatic heterocycles. The van der Waals surface area contributed by atoms with Crippen molar-refractivity contribution >= 4 is 5.91 Å². The zero-order chi connectivity index (χ0) is 18.3. The first-order chi connectivity index (χ1) is 11.9. The van der Waals surface area contributed by atoms with Crippen molar-refractivity contribution in [2.24, 2.45) is 0 Å². The number of hydrogen-bond donors (Lipinski definition) is 2. The molecular weight excluding hydrogens is 314 g/mol. The third-order valence-corrected chi connectivity index (χ3v) is 4.54. The Bertz CT molecular complexity index is 548. The van der Waals surface area contributed by atoms with Gasteiger partial charge in [-0.3, -0.25) is 4.79 Å². The van der Waals surface area contributed by atoms with E-state index in [1.807, 2.05) is 18.2 Å². The average Bonchev–Trinajstić information content (AvgIpc) is 2.59. The number of nitrogens with one attached hydrogen (secondary N) is 2. The van der Waals surface area contributed by atoms with Crippen LogP contribution in [0, 0.1) is 0 Å². The van der Waals surface area contributed by atoms with Gasteiger partial charge in [0.05, 0.1) is 0 Å². The van der Waals surface area contributed by atoms with Gasteiger partial charge in [0, 0.05) is 32.7 Å². The molecule has 0 aliphatic carbocycles. The van der Waals surface area contributed by atoms with Crippen molar-refractivity contribution in [3.05, 3.63) is 29.8 Å². The van der Waals surface area contributed by atoms with Crippen molar-refractivity contribution in [3.63, 3.8) is 0 Å². The van der Waals surface area contributed by atoms with Crippen molar-refractivity contribution in [3.8, 4) is 5.75 Å². The molecule has 1 fully saturated rings. The summed E-state index contributed by atoms with van der Waals surface area (Å²) in [6.45, 7) is 14.3. The van der Waals surface area contributed by atoms with Crippen LogP contribution in [0.5, 0.6) is 5.75 Å². The second-order valence-electron chi connectivity index (χ2n) is 7.77. The van der Waals surface area contributed by atoms with E-state index in [0.29, 0.717) is 6.54 Å². The Kier molecular flexibility index (Phi) is 7.26. The second kappa shape index (κ2) is 9.20. The van der Waals surface area contributed by atoms with Gasteiger partial charge >= 0.3 is 0 Å². The number of rotatable bonds is 7. The normalized spacial score (nSPS) is 17.1. The minimum Gasteiger partial charge on any atom is -0.481 e. The van der Waals surface area contributed by atoms with Gasteiger partial charge in [-0.2, -0.15) is 0 Å². The van der Waals surface area contributed by atoms with Crippen LogP contribution in [0.3, 0.4) is 0 Å². The van der Waals surface area contributed by atoms with Crippen molar-refractivity contribution in [1.29, 1.82) is 0 Å². The summed E-state index contributed by atoms with van der Waals surface area (Å²) in [5.74, 6) is 0.692. The molecule has 1 atom stereocenters. The number of piperazine rings is 1. The zero-order valence-corrected chi connectivity index (χ0v) is 16.1. The Morgan fingerprint density at radius 2 is 2.04 bits per heavy atom. The summed E-state index contributed by atoms with van der Waals surface area (Å²) in [6.07, 6.45) is 0.479. The molecule has 1 amide bonds. The van der Waals surface area contributed by atoms with E-state index >= 15 is 0 Å². The molecule has 2 rings (SSSR count).